The van der Waals surface area contributed by atoms with Gasteiger partial charge in [0.25, 0.3) is 0 Å². The molecule has 2 rings (SSSR count). The van der Waals surface area contributed by atoms with Gasteiger partial charge >= 0.3 is 0 Å². The Hall–Kier alpha value is -1.09. The maximum Gasteiger partial charge on any atom is 0.104 e. The topological polar surface area (TPSA) is 28.7 Å². The summed E-state index contributed by atoms with van der Waals surface area (Å²) in [4.78, 5) is 0. The van der Waals surface area contributed by atoms with Crippen LogP contribution in [0.1, 0.15) is 0 Å². The van der Waals surface area contributed by atoms with Gasteiger partial charge in [-0.3, -0.25) is 5.10 Å². The smallest absolute Gasteiger partial charge is 0.104 e. The Morgan fingerprint density at radius 1 is 1.38 bits per heavy atom. The molecule has 0 aliphatic rings. The molecular weight excluding hydrogens is 176 g/mol. The zero-order valence-electron chi connectivity index (χ0n) is 8.18. The van der Waals surface area contributed by atoms with E-state index >= 15 is 0 Å². The number of nitrogens with zero attached hydrogens (tertiary/aromatic N) is 1. The van der Waals surface area contributed by atoms with Crippen molar-refractivity contribution in [3.05, 3.63) is 24.3 Å². The summed E-state index contributed by atoms with van der Waals surface area (Å²) in [6.45, 7) is 6.90. The van der Waals surface area contributed by atoms with Crippen LogP contribution in [0.5, 0.6) is 0 Å². The highest BCUT2D eigenvalue weighted by Crippen LogP contribution is 2.11. The molecule has 0 saturated heterocycles. The Bertz CT molecular complexity index is 426. The van der Waals surface area contributed by atoms with Crippen molar-refractivity contribution >= 4 is 24.3 Å². The Morgan fingerprint density at radius 3 is 2.85 bits per heavy atom. The third-order valence-electron chi connectivity index (χ3n) is 2.12. The van der Waals surface area contributed by atoms with Gasteiger partial charge in [-0.2, -0.15) is 5.10 Å². The molecule has 0 unspecified atom stereocenters. The molecule has 0 aliphatic carbocycles. The SMILES string of the molecule is C[Si](C)(C)c1n[nH]c2cc[c]cc12. The van der Waals surface area contributed by atoms with E-state index in [4.69, 9.17) is 0 Å². The average molecular weight is 189 g/mol. The number of hydrogen-bond acceptors (Lipinski definition) is 1. The Morgan fingerprint density at radius 2 is 2.15 bits per heavy atom. The first-order valence-electron chi connectivity index (χ1n) is 4.44. The third kappa shape index (κ3) is 1.39. The van der Waals surface area contributed by atoms with E-state index in [1.54, 1.807) is 0 Å². The minimum absolute atomic E-state index is 1.12. The van der Waals surface area contributed by atoms with Crippen LogP contribution in [-0.2, 0) is 0 Å². The number of H-pyrrole nitrogens is 1. The van der Waals surface area contributed by atoms with Gasteiger partial charge in [-0.05, 0) is 18.2 Å². The largest absolute Gasteiger partial charge is 0.278 e. The molecule has 0 amide bonds. The minimum atomic E-state index is -1.31. The van der Waals surface area contributed by atoms with Gasteiger partial charge in [-0.25, -0.2) is 0 Å². The molecule has 2 nitrogen and oxygen atoms in total. The second-order valence-corrected chi connectivity index (χ2v) is 9.27. The van der Waals surface area contributed by atoms with Crippen molar-refractivity contribution in [3.8, 4) is 0 Å². The number of nitrogens with one attached hydrogen (secondary N) is 1. The van der Waals surface area contributed by atoms with E-state index in [9.17, 15) is 0 Å². The molecule has 0 atom stereocenters. The molecule has 1 heterocycles. The predicted octanol–water partition coefficient (Wildman–Crippen LogP) is 1.91. The summed E-state index contributed by atoms with van der Waals surface area (Å²) in [7, 11) is -1.31. The van der Waals surface area contributed by atoms with Gasteiger partial charge in [0, 0.05) is 5.39 Å². The first-order valence-corrected chi connectivity index (χ1v) is 7.94. The minimum Gasteiger partial charge on any atom is -0.278 e. The van der Waals surface area contributed by atoms with Crippen molar-refractivity contribution in [2.24, 2.45) is 0 Å². The van der Waals surface area contributed by atoms with Crippen molar-refractivity contribution in [1.82, 2.24) is 10.2 Å². The predicted molar refractivity (Wildman–Crippen MR) is 57.9 cm³/mol. The molecular formula is C10H13N2Si. The maximum atomic E-state index is 4.38. The first-order chi connectivity index (χ1) is 6.09. The molecule has 1 aromatic heterocycles. The van der Waals surface area contributed by atoms with Crippen molar-refractivity contribution < 1.29 is 0 Å². The zero-order valence-corrected chi connectivity index (χ0v) is 9.18. The Kier molecular flexibility index (Phi) is 1.77. The fourth-order valence-corrected chi connectivity index (χ4v) is 2.88. The quantitative estimate of drug-likeness (QED) is 0.682. The van der Waals surface area contributed by atoms with Gasteiger partial charge in [-0.15, -0.1) is 0 Å². The normalized spacial score (nSPS) is 12.2. The van der Waals surface area contributed by atoms with Crippen molar-refractivity contribution in [3.63, 3.8) is 0 Å². The summed E-state index contributed by atoms with van der Waals surface area (Å²) >= 11 is 0. The summed E-state index contributed by atoms with van der Waals surface area (Å²) < 4.78 is 0. The van der Waals surface area contributed by atoms with Gasteiger partial charge in [0.15, 0.2) is 0 Å². The lowest BCUT2D eigenvalue weighted by atomic mass is 10.3. The van der Waals surface area contributed by atoms with Crippen molar-refractivity contribution in [2.75, 3.05) is 0 Å². The molecule has 1 N–H and O–H groups in total. The van der Waals surface area contributed by atoms with Gasteiger partial charge in [0.1, 0.15) is 8.07 Å². The van der Waals surface area contributed by atoms with Crippen LogP contribution in [0.3, 0.4) is 0 Å². The monoisotopic (exact) mass is 189 g/mol. The van der Waals surface area contributed by atoms with E-state index < -0.39 is 8.07 Å². The number of rotatable bonds is 1. The van der Waals surface area contributed by atoms with Crippen LogP contribution in [-0.4, -0.2) is 18.3 Å². The van der Waals surface area contributed by atoms with Gasteiger partial charge in [0.2, 0.25) is 0 Å². The van der Waals surface area contributed by atoms with Crippen molar-refractivity contribution in [1.29, 1.82) is 0 Å². The summed E-state index contributed by atoms with van der Waals surface area (Å²) in [6.07, 6.45) is 0. The summed E-state index contributed by atoms with van der Waals surface area (Å²) in [6, 6.07) is 9.05. The lowest BCUT2D eigenvalue weighted by Crippen LogP contribution is -2.39. The molecule has 13 heavy (non-hydrogen) atoms. The number of aromatic amines is 1. The van der Waals surface area contributed by atoms with Gasteiger partial charge < -0.3 is 0 Å². The maximum absolute atomic E-state index is 4.38. The molecule has 0 bridgehead atoms. The molecule has 0 aliphatic heterocycles. The van der Waals surface area contributed by atoms with E-state index in [1.165, 1.54) is 10.7 Å². The Labute approximate surface area is 79.0 Å². The molecule has 1 radical (unpaired) electrons. The van der Waals surface area contributed by atoms with E-state index in [1.807, 2.05) is 18.2 Å². The number of benzene rings is 1. The van der Waals surface area contributed by atoms with Crippen LogP contribution in [0, 0.1) is 6.07 Å². The van der Waals surface area contributed by atoms with Gasteiger partial charge in [-0.1, -0.05) is 25.7 Å². The van der Waals surface area contributed by atoms with Crippen LogP contribution in [0.25, 0.3) is 10.9 Å². The summed E-state index contributed by atoms with van der Waals surface area (Å²) in [5.41, 5.74) is 1.12. The van der Waals surface area contributed by atoms with E-state index in [0.29, 0.717) is 0 Å². The lowest BCUT2D eigenvalue weighted by molar-refractivity contribution is 1.14. The molecule has 67 valence electrons. The Balaban J connectivity index is 2.72. The van der Waals surface area contributed by atoms with E-state index in [-0.39, 0.29) is 0 Å². The highest BCUT2D eigenvalue weighted by molar-refractivity contribution is 6.89. The molecule has 1 aromatic carbocycles. The average Bonchev–Trinajstić information content (AvgIpc) is 2.45. The summed E-state index contributed by atoms with van der Waals surface area (Å²) in [5, 5.41) is 9.93. The fraction of sp³-hybridized carbons (Fsp3) is 0.300. The van der Waals surface area contributed by atoms with Crippen molar-refractivity contribution in [2.45, 2.75) is 19.6 Å². The molecule has 2 aromatic rings. The second-order valence-electron chi connectivity index (χ2n) is 4.29. The number of aromatic nitrogens is 2. The first kappa shape index (κ1) is 8.50. The standard InChI is InChI=1S/C10H13N2Si/c1-13(2,3)10-8-6-4-5-7-9(8)11-12-10/h5-7H,1-3H3,(H,11,12). The van der Waals surface area contributed by atoms with Crippen LogP contribution >= 0.6 is 0 Å². The highest BCUT2D eigenvalue weighted by atomic mass is 28.3. The lowest BCUT2D eigenvalue weighted by Gasteiger charge is -2.12. The van der Waals surface area contributed by atoms with Crippen LogP contribution < -0.4 is 5.32 Å². The molecule has 3 heteroatoms. The van der Waals surface area contributed by atoms with E-state index in [0.717, 1.165) is 5.52 Å². The fourth-order valence-electron chi connectivity index (χ4n) is 1.47. The molecule has 0 spiro atoms. The third-order valence-corrected chi connectivity index (χ3v) is 3.92. The van der Waals surface area contributed by atoms with Crippen LogP contribution in [0.4, 0.5) is 0 Å². The van der Waals surface area contributed by atoms with E-state index in [2.05, 4.69) is 35.9 Å². The van der Waals surface area contributed by atoms with Crippen LogP contribution in [0.15, 0.2) is 18.2 Å². The zero-order chi connectivity index (χ0) is 9.47. The molecule has 0 fully saturated rings. The number of fused-ring (bicyclic) bond motifs is 1. The molecule has 0 saturated carbocycles. The second kappa shape index (κ2) is 2.70. The van der Waals surface area contributed by atoms with Gasteiger partial charge in [0.05, 0.1) is 10.8 Å². The summed E-state index contributed by atoms with van der Waals surface area (Å²) in [5.74, 6) is 0. The van der Waals surface area contributed by atoms with Crippen LogP contribution in [0.2, 0.25) is 19.6 Å². The number of hydrogen-bond donors (Lipinski definition) is 1. The highest BCUT2D eigenvalue weighted by Gasteiger charge is 2.21.